The lowest BCUT2D eigenvalue weighted by Crippen LogP contribution is -2.19. The standard InChI is InChI=1S/C13H9FN4O3/c14-8-3-5-9(6-4-8)15-12(19)16-13-18-17-11(21-13)10-2-1-7-20-10/h1-7H,(H2,15,16,18,19). The average molecular weight is 288 g/mol. The van der Waals surface area contributed by atoms with Crippen LogP contribution < -0.4 is 10.6 Å². The third kappa shape index (κ3) is 3.06. The maximum Gasteiger partial charge on any atom is 0.327 e. The van der Waals surface area contributed by atoms with E-state index in [1.165, 1.54) is 30.5 Å². The number of halogens is 1. The van der Waals surface area contributed by atoms with Crippen molar-refractivity contribution in [1.29, 1.82) is 0 Å². The molecule has 7 nitrogen and oxygen atoms in total. The number of nitrogens with one attached hydrogen (secondary N) is 2. The number of anilines is 2. The van der Waals surface area contributed by atoms with Crippen molar-refractivity contribution >= 4 is 17.7 Å². The van der Waals surface area contributed by atoms with Crippen LogP contribution in [0.4, 0.5) is 20.9 Å². The number of aromatic nitrogens is 2. The Hall–Kier alpha value is -3.16. The molecule has 0 aliphatic carbocycles. The van der Waals surface area contributed by atoms with Crippen molar-refractivity contribution in [2.24, 2.45) is 0 Å². The average Bonchev–Trinajstić information content (AvgIpc) is 3.12. The highest BCUT2D eigenvalue weighted by Crippen LogP contribution is 2.19. The van der Waals surface area contributed by atoms with Gasteiger partial charge in [0.2, 0.25) is 0 Å². The third-order valence-electron chi connectivity index (χ3n) is 2.48. The molecule has 8 heteroatoms. The molecule has 2 N–H and O–H groups in total. The van der Waals surface area contributed by atoms with E-state index >= 15 is 0 Å². The summed E-state index contributed by atoms with van der Waals surface area (Å²) in [5.74, 6) is 0.160. The largest absolute Gasteiger partial charge is 0.459 e. The van der Waals surface area contributed by atoms with Crippen molar-refractivity contribution in [1.82, 2.24) is 10.2 Å². The Morgan fingerprint density at radius 3 is 2.62 bits per heavy atom. The Morgan fingerprint density at radius 2 is 1.90 bits per heavy atom. The molecule has 0 saturated carbocycles. The molecule has 2 amide bonds. The van der Waals surface area contributed by atoms with Crippen LogP contribution >= 0.6 is 0 Å². The predicted octanol–water partition coefficient (Wildman–Crippen LogP) is 3.11. The lowest BCUT2D eigenvalue weighted by molar-refractivity contribution is 0.261. The summed E-state index contributed by atoms with van der Waals surface area (Å²) in [7, 11) is 0. The number of rotatable bonds is 3. The van der Waals surface area contributed by atoms with Crippen molar-refractivity contribution in [2.75, 3.05) is 10.6 Å². The van der Waals surface area contributed by atoms with E-state index < -0.39 is 6.03 Å². The number of amides is 2. The van der Waals surface area contributed by atoms with Gasteiger partial charge in [0.1, 0.15) is 5.82 Å². The van der Waals surface area contributed by atoms with E-state index in [4.69, 9.17) is 8.83 Å². The van der Waals surface area contributed by atoms with Crippen molar-refractivity contribution < 1.29 is 18.0 Å². The summed E-state index contributed by atoms with van der Waals surface area (Å²) in [5, 5.41) is 12.2. The van der Waals surface area contributed by atoms with Crippen LogP contribution in [0.5, 0.6) is 0 Å². The minimum absolute atomic E-state index is 0.0824. The number of furan rings is 1. The summed E-state index contributed by atoms with van der Waals surface area (Å²) >= 11 is 0. The van der Waals surface area contributed by atoms with Gasteiger partial charge in [0.25, 0.3) is 5.89 Å². The first-order valence-electron chi connectivity index (χ1n) is 5.92. The van der Waals surface area contributed by atoms with Crippen LogP contribution in [0.15, 0.2) is 51.5 Å². The first-order valence-corrected chi connectivity index (χ1v) is 5.92. The minimum atomic E-state index is -0.587. The second kappa shape index (κ2) is 5.45. The van der Waals surface area contributed by atoms with Crippen molar-refractivity contribution in [2.45, 2.75) is 0 Å². The molecule has 3 aromatic rings. The Morgan fingerprint density at radius 1 is 1.10 bits per heavy atom. The summed E-state index contributed by atoms with van der Waals surface area (Å²) in [6.07, 6.45) is 1.47. The molecule has 0 saturated heterocycles. The van der Waals surface area contributed by atoms with Gasteiger partial charge in [-0.1, -0.05) is 5.10 Å². The van der Waals surface area contributed by atoms with Gasteiger partial charge in [0, 0.05) is 5.69 Å². The van der Waals surface area contributed by atoms with Gasteiger partial charge in [-0.25, -0.2) is 9.18 Å². The Kier molecular flexibility index (Phi) is 3.34. The van der Waals surface area contributed by atoms with Crippen LogP contribution in [0, 0.1) is 5.82 Å². The van der Waals surface area contributed by atoms with Gasteiger partial charge in [-0.2, -0.15) is 0 Å². The number of benzene rings is 1. The van der Waals surface area contributed by atoms with Crippen LogP contribution in [0.3, 0.4) is 0 Å². The van der Waals surface area contributed by atoms with Crippen LogP contribution in [-0.2, 0) is 0 Å². The van der Waals surface area contributed by atoms with Gasteiger partial charge in [0.05, 0.1) is 6.26 Å². The van der Waals surface area contributed by atoms with Crippen LogP contribution in [0.25, 0.3) is 11.7 Å². The number of nitrogens with zero attached hydrogens (tertiary/aromatic N) is 2. The number of hydrogen-bond acceptors (Lipinski definition) is 5. The van der Waals surface area contributed by atoms with E-state index in [0.717, 1.165) is 0 Å². The molecule has 0 fully saturated rings. The zero-order chi connectivity index (χ0) is 14.7. The van der Waals surface area contributed by atoms with E-state index in [9.17, 15) is 9.18 Å². The lowest BCUT2D eigenvalue weighted by atomic mass is 10.3. The van der Waals surface area contributed by atoms with Gasteiger partial charge >= 0.3 is 12.0 Å². The molecular formula is C13H9FN4O3. The normalized spacial score (nSPS) is 10.3. The predicted molar refractivity (Wildman–Crippen MR) is 71.0 cm³/mol. The SMILES string of the molecule is O=C(Nc1ccc(F)cc1)Nc1nnc(-c2ccco2)o1. The third-order valence-corrected chi connectivity index (χ3v) is 2.48. The summed E-state index contributed by atoms with van der Waals surface area (Å²) in [5.41, 5.74) is 0.430. The summed E-state index contributed by atoms with van der Waals surface area (Å²) < 4.78 is 23.0. The fraction of sp³-hybridized carbons (Fsp3) is 0. The molecule has 2 heterocycles. The van der Waals surface area contributed by atoms with Gasteiger partial charge < -0.3 is 14.2 Å². The lowest BCUT2D eigenvalue weighted by Gasteiger charge is -2.03. The highest BCUT2D eigenvalue weighted by molar-refractivity contribution is 5.98. The Bertz CT molecular complexity index is 737. The monoisotopic (exact) mass is 288 g/mol. The molecular weight excluding hydrogens is 279 g/mol. The van der Waals surface area contributed by atoms with E-state index in [-0.39, 0.29) is 17.7 Å². The van der Waals surface area contributed by atoms with Crippen molar-refractivity contribution in [3.8, 4) is 11.7 Å². The molecule has 3 rings (SSSR count). The van der Waals surface area contributed by atoms with Gasteiger partial charge in [0.15, 0.2) is 5.76 Å². The fourth-order valence-electron chi connectivity index (χ4n) is 1.57. The first-order chi connectivity index (χ1) is 10.2. The summed E-state index contributed by atoms with van der Waals surface area (Å²) in [6.45, 7) is 0. The number of carbonyl (C=O) groups excluding carboxylic acids is 1. The number of urea groups is 1. The molecule has 1 aromatic carbocycles. The van der Waals surface area contributed by atoms with E-state index in [2.05, 4.69) is 20.8 Å². The van der Waals surface area contributed by atoms with Crippen LogP contribution in [0.2, 0.25) is 0 Å². The molecule has 0 atom stereocenters. The molecule has 0 aliphatic heterocycles. The molecule has 0 bridgehead atoms. The van der Waals surface area contributed by atoms with Gasteiger partial charge in [-0.05, 0) is 36.4 Å². The number of carbonyl (C=O) groups is 1. The van der Waals surface area contributed by atoms with Gasteiger partial charge in [-0.15, -0.1) is 5.10 Å². The topological polar surface area (TPSA) is 93.2 Å². The zero-order valence-corrected chi connectivity index (χ0v) is 10.5. The highest BCUT2D eigenvalue weighted by atomic mass is 19.1. The molecule has 0 unspecified atom stereocenters. The molecule has 21 heavy (non-hydrogen) atoms. The zero-order valence-electron chi connectivity index (χ0n) is 10.5. The molecule has 0 aliphatic rings. The number of hydrogen-bond donors (Lipinski definition) is 2. The van der Waals surface area contributed by atoms with E-state index in [1.807, 2.05) is 0 Å². The molecule has 106 valence electrons. The fourth-order valence-corrected chi connectivity index (χ4v) is 1.57. The van der Waals surface area contributed by atoms with Crippen molar-refractivity contribution in [3.63, 3.8) is 0 Å². The minimum Gasteiger partial charge on any atom is -0.459 e. The maximum absolute atomic E-state index is 12.7. The van der Waals surface area contributed by atoms with Gasteiger partial charge in [-0.3, -0.25) is 5.32 Å². The second-order valence-corrected chi connectivity index (χ2v) is 3.98. The summed E-state index contributed by atoms with van der Waals surface area (Å²) in [6, 6.07) is 7.98. The van der Waals surface area contributed by atoms with Crippen LogP contribution in [0.1, 0.15) is 0 Å². The highest BCUT2D eigenvalue weighted by Gasteiger charge is 2.12. The quantitative estimate of drug-likeness (QED) is 0.772. The van der Waals surface area contributed by atoms with E-state index in [1.54, 1.807) is 12.1 Å². The molecule has 0 radical (unpaired) electrons. The summed E-state index contributed by atoms with van der Waals surface area (Å²) in [4.78, 5) is 11.7. The second-order valence-electron chi connectivity index (χ2n) is 3.98. The maximum atomic E-state index is 12.7. The smallest absolute Gasteiger partial charge is 0.327 e. The first kappa shape index (κ1) is 12.9. The van der Waals surface area contributed by atoms with Crippen LogP contribution in [-0.4, -0.2) is 16.2 Å². The molecule has 2 aromatic heterocycles. The molecule has 0 spiro atoms. The Labute approximate surface area is 117 Å². The Balaban J connectivity index is 1.64. The van der Waals surface area contributed by atoms with E-state index in [0.29, 0.717) is 11.4 Å². The van der Waals surface area contributed by atoms with Crippen molar-refractivity contribution in [3.05, 3.63) is 48.5 Å².